The molecule has 0 heterocycles. The number of nitrogens with zero attached hydrogens (tertiary/aromatic N) is 1. The highest BCUT2D eigenvalue weighted by Crippen LogP contribution is 1.91. The van der Waals surface area contributed by atoms with Crippen molar-refractivity contribution >= 4 is 17.8 Å². The van der Waals surface area contributed by atoms with Gasteiger partial charge < -0.3 is 4.74 Å². The Labute approximate surface area is 82.3 Å². The molecule has 0 aromatic carbocycles. The summed E-state index contributed by atoms with van der Waals surface area (Å²) in [4.78, 5) is 33.4. The Morgan fingerprint density at radius 2 is 1.79 bits per heavy atom. The van der Waals surface area contributed by atoms with Crippen LogP contribution in [0.5, 0.6) is 0 Å². The molecule has 5 heteroatoms. The van der Waals surface area contributed by atoms with Gasteiger partial charge in [0.1, 0.15) is 6.61 Å². The number of carbonyl (C=O) groups is 3. The molecule has 0 saturated carbocycles. The first-order valence-electron chi connectivity index (χ1n) is 4.07. The molecular formula is C9H13NO4. The van der Waals surface area contributed by atoms with E-state index in [4.69, 9.17) is 0 Å². The summed E-state index contributed by atoms with van der Waals surface area (Å²) in [7, 11) is 0. The van der Waals surface area contributed by atoms with Crippen LogP contribution in [-0.4, -0.2) is 35.8 Å². The van der Waals surface area contributed by atoms with Gasteiger partial charge >= 0.3 is 5.97 Å². The highest BCUT2D eigenvalue weighted by atomic mass is 16.5. The largest absolute Gasteiger partial charge is 0.461 e. The number of rotatable bonds is 4. The van der Waals surface area contributed by atoms with Crippen molar-refractivity contribution in [1.29, 1.82) is 0 Å². The standard InChI is InChI=1S/C9H13NO4/c1-4-9(13)14-6-5-10(7(2)11)8(3)12/h4H,1,5-6H2,2-3H3. The van der Waals surface area contributed by atoms with Gasteiger partial charge in [0.15, 0.2) is 0 Å². The van der Waals surface area contributed by atoms with Gasteiger partial charge in [-0.15, -0.1) is 0 Å². The van der Waals surface area contributed by atoms with Gasteiger partial charge in [-0.1, -0.05) is 6.58 Å². The van der Waals surface area contributed by atoms with E-state index in [1.165, 1.54) is 13.8 Å². The molecule has 0 atom stereocenters. The molecule has 0 saturated heterocycles. The van der Waals surface area contributed by atoms with Gasteiger partial charge in [0.25, 0.3) is 0 Å². The van der Waals surface area contributed by atoms with Gasteiger partial charge in [-0.05, 0) is 0 Å². The van der Waals surface area contributed by atoms with Crippen molar-refractivity contribution < 1.29 is 19.1 Å². The second kappa shape index (κ2) is 5.90. The molecule has 0 aromatic heterocycles. The third kappa shape index (κ3) is 4.39. The van der Waals surface area contributed by atoms with E-state index in [-0.39, 0.29) is 25.0 Å². The lowest BCUT2D eigenvalue weighted by atomic mass is 10.4. The van der Waals surface area contributed by atoms with Crippen molar-refractivity contribution in [2.75, 3.05) is 13.2 Å². The van der Waals surface area contributed by atoms with Crippen LogP contribution < -0.4 is 0 Å². The zero-order valence-electron chi connectivity index (χ0n) is 8.28. The maximum Gasteiger partial charge on any atom is 0.330 e. The SMILES string of the molecule is C=CC(=O)OCCN(C(C)=O)C(C)=O. The Bertz CT molecular complexity index is 246. The maximum absolute atomic E-state index is 10.9. The molecule has 0 spiro atoms. The summed E-state index contributed by atoms with van der Waals surface area (Å²) >= 11 is 0. The van der Waals surface area contributed by atoms with E-state index in [0.717, 1.165) is 11.0 Å². The molecule has 0 radical (unpaired) electrons. The van der Waals surface area contributed by atoms with E-state index in [2.05, 4.69) is 11.3 Å². The van der Waals surface area contributed by atoms with Crippen LogP contribution in [-0.2, 0) is 19.1 Å². The molecular weight excluding hydrogens is 186 g/mol. The molecule has 0 rings (SSSR count). The molecule has 0 aliphatic heterocycles. The first-order valence-corrected chi connectivity index (χ1v) is 4.07. The zero-order chi connectivity index (χ0) is 11.1. The van der Waals surface area contributed by atoms with Gasteiger partial charge in [0, 0.05) is 19.9 Å². The quantitative estimate of drug-likeness (QED) is 0.476. The first kappa shape index (κ1) is 12.3. The van der Waals surface area contributed by atoms with E-state index in [0.29, 0.717) is 0 Å². The normalized spacial score (nSPS) is 9.00. The summed E-state index contributed by atoms with van der Waals surface area (Å²) < 4.78 is 4.62. The Hall–Kier alpha value is -1.65. The Kier molecular flexibility index (Phi) is 5.21. The lowest BCUT2D eigenvalue weighted by Gasteiger charge is -2.16. The van der Waals surface area contributed by atoms with Crippen LogP contribution in [0.3, 0.4) is 0 Å². The molecule has 0 fully saturated rings. The molecule has 0 aromatic rings. The number of imide groups is 1. The van der Waals surface area contributed by atoms with Crippen LogP contribution in [0.1, 0.15) is 13.8 Å². The summed E-state index contributed by atoms with van der Waals surface area (Å²) in [5, 5.41) is 0. The summed E-state index contributed by atoms with van der Waals surface area (Å²) in [6, 6.07) is 0. The summed E-state index contributed by atoms with van der Waals surface area (Å²) in [6.45, 7) is 5.82. The lowest BCUT2D eigenvalue weighted by Crippen LogP contribution is -2.36. The van der Waals surface area contributed by atoms with Crippen LogP contribution in [0.15, 0.2) is 12.7 Å². The van der Waals surface area contributed by atoms with Gasteiger partial charge in [-0.2, -0.15) is 0 Å². The number of amides is 2. The topological polar surface area (TPSA) is 63.7 Å². The van der Waals surface area contributed by atoms with Crippen molar-refractivity contribution in [3.63, 3.8) is 0 Å². The molecule has 0 unspecified atom stereocenters. The molecule has 5 nitrogen and oxygen atoms in total. The van der Waals surface area contributed by atoms with Gasteiger partial charge in [0.05, 0.1) is 6.54 Å². The second-order valence-electron chi connectivity index (χ2n) is 2.56. The average Bonchev–Trinajstić information content (AvgIpc) is 2.10. The van der Waals surface area contributed by atoms with Crippen molar-refractivity contribution in [2.45, 2.75) is 13.8 Å². The fourth-order valence-corrected chi connectivity index (χ4v) is 0.833. The summed E-state index contributed by atoms with van der Waals surface area (Å²) in [6.07, 6.45) is 1.02. The van der Waals surface area contributed by atoms with Crippen LogP contribution in [0, 0.1) is 0 Å². The molecule has 0 N–H and O–H groups in total. The third-order valence-electron chi connectivity index (χ3n) is 1.49. The lowest BCUT2D eigenvalue weighted by molar-refractivity contribution is -0.146. The maximum atomic E-state index is 10.9. The summed E-state index contributed by atoms with van der Waals surface area (Å²) in [5.41, 5.74) is 0. The van der Waals surface area contributed by atoms with Crippen molar-refractivity contribution in [1.82, 2.24) is 4.90 Å². The van der Waals surface area contributed by atoms with Crippen LogP contribution in [0.4, 0.5) is 0 Å². The Morgan fingerprint density at radius 3 is 2.14 bits per heavy atom. The fraction of sp³-hybridized carbons (Fsp3) is 0.444. The first-order chi connectivity index (χ1) is 6.49. The van der Waals surface area contributed by atoms with Gasteiger partial charge in [0.2, 0.25) is 11.8 Å². The fourth-order valence-electron chi connectivity index (χ4n) is 0.833. The second-order valence-corrected chi connectivity index (χ2v) is 2.56. The van der Waals surface area contributed by atoms with E-state index in [1.807, 2.05) is 0 Å². The highest BCUT2D eigenvalue weighted by molar-refractivity contribution is 5.92. The van der Waals surface area contributed by atoms with Crippen molar-refractivity contribution in [3.05, 3.63) is 12.7 Å². The average molecular weight is 199 g/mol. The molecule has 14 heavy (non-hydrogen) atoms. The predicted molar refractivity (Wildman–Crippen MR) is 49.2 cm³/mol. The van der Waals surface area contributed by atoms with Crippen LogP contribution >= 0.6 is 0 Å². The van der Waals surface area contributed by atoms with E-state index in [9.17, 15) is 14.4 Å². The van der Waals surface area contributed by atoms with Gasteiger partial charge in [-0.3, -0.25) is 14.5 Å². The molecule has 78 valence electrons. The van der Waals surface area contributed by atoms with Crippen molar-refractivity contribution in [2.24, 2.45) is 0 Å². The molecule has 0 aliphatic rings. The van der Waals surface area contributed by atoms with Gasteiger partial charge in [-0.25, -0.2) is 4.79 Å². The Morgan fingerprint density at radius 1 is 1.29 bits per heavy atom. The van der Waals surface area contributed by atoms with Crippen LogP contribution in [0.25, 0.3) is 0 Å². The number of hydrogen-bond acceptors (Lipinski definition) is 4. The summed E-state index contributed by atoms with van der Waals surface area (Å²) in [5.74, 6) is -1.31. The number of esters is 1. The third-order valence-corrected chi connectivity index (χ3v) is 1.49. The minimum absolute atomic E-state index is 0.00991. The predicted octanol–water partition coefficient (Wildman–Crippen LogP) is 0.111. The van der Waals surface area contributed by atoms with Crippen molar-refractivity contribution in [3.8, 4) is 0 Å². The minimum Gasteiger partial charge on any atom is -0.461 e. The Balaban J connectivity index is 3.96. The number of carbonyl (C=O) groups excluding carboxylic acids is 3. The zero-order valence-corrected chi connectivity index (χ0v) is 8.28. The monoisotopic (exact) mass is 199 g/mol. The van der Waals surface area contributed by atoms with E-state index >= 15 is 0 Å². The number of ether oxygens (including phenoxy) is 1. The highest BCUT2D eigenvalue weighted by Gasteiger charge is 2.13. The molecule has 0 bridgehead atoms. The minimum atomic E-state index is -0.572. The number of hydrogen-bond donors (Lipinski definition) is 0. The smallest absolute Gasteiger partial charge is 0.330 e. The van der Waals surface area contributed by atoms with E-state index < -0.39 is 5.97 Å². The van der Waals surface area contributed by atoms with E-state index in [1.54, 1.807) is 0 Å². The molecule has 0 aliphatic carbocycles. The molecule has 2 amide bonds. The van der Waals surface area contributed by atoms with Crippen LogP contribution in [0.2, 0.25) is 0 Å².